The van der Waals surface area contributed by atoms with Crippen LogP contribution in [-0.4, -0.2) is 61.0 Å². The van der Waals surface area contributed by atoms with Gasteiger partial charge in [0.1, 0.15) is 24.3 Å². The van der Waals surface area contributed by atoms with Crippen LogP contribution in [-0.2, 0) is 33.3 Å². The average Bonchev–Trinajstić information content (AvgIpc) is 2.87. The normalized spacial score (nSPS) is 23.2. The summed E-state index contributed by atoms with van der Waals surface area (Å²) in [5, 5.41) is 0. The molecule has 0 bridgehead atoms. The van der Waals surface area contributed by atoms with E-state index in [1.165, 1.54) is 25.6 Å². The van der Waals surface area contributed by atoms with Crippen molar-refractivity contribution in [1.29, 1.82) is 0 Å². The Morgan fingerprint density at radius 2 is 1.59 bits per heavy atom. The van der Waals surface area contributed by atoms with Crippen LogP contribution < -0.4 is 0 Å². The molecule has 1 saturated heterocycles. The molecule has 1 fully saturated rings. The lowest BCUT2D eigenvalue weighted by Gasteiger charge is -2.44. The minimum Gasteiger partial charge on any atom is -0.463 e. The van der Waals surface area contributed by atoms with E-state index in [1.807, 2.05) is 44.2 Å². The maximum atomic E-state index is 13.1. The Labute approximate surface area is 221 Å². The number of carbonyl (C=O) groups is 3. The molecular formula is C28H34O8S. The van der Waals surface area contributed by atoms with E-state index in [1.54, 1.807) is 24.3 Å². The summed E-state index contributed by atoms with van der Waals surface area (Å²) in [5.74, 6) is -1.59. The molecular weight excluding hydrogens is 496 g/mol. The van der Waals surface area contributed by atoms with Crippen LogP contribution in [0, 0.1) is 6.92 Å². The van der Waals surface area contributed by atoms with E-state index in [4.69, 9.17) is 23.7 Å². The molecule has 1 aliphatic rings. The van der Waals surface area contributed by atoms with Crippen molar-refractivity contribution in [2.24, 2.45) is 0 Å². The second-order valence-electron chi connectivity index (χ2n) is 8.78. The number of aryl methyl sites for hydroxylation is 1. The third kappa shape index (κ3) is 8.59. The van der Waals surface area contributed by atoms with Crippen molar-refractivity contribution in [2.45, 2.75) is 75.3 Å². The summed E-state index contributed by atoms with van der Waals surface area (Å²) >= 11 is 1.36. The van der Waals surface area contributed by atoms with Crippen molar-refractivity contribution in [1.82, 2.24) is 0 Å². The van der Waals surface area contributed by atoms with E-state index in [0.29, 0.717) is 12.2 Å². The standard InChI is InChI=1S/C28H34O8S/c1-5-6-16-32-25-24(34-20(4)30)23(17-33-19(3)29)35-28(37-22-14-12-18(2)13-15-22)26(25)36-27(31)21-10-8-7-9-11-21/h7-15,23-26,28H,5-6,16-17H2,1-4H3/t23?,24-,25+,26?,28-/m1/s1. The van der Waals surface area contributed by atoms with Crippen LogP contribution in [0.15, 0.2) is 59.5 Å². The third-order valence-electron chi connectivity index (χ3n) is 5.68. The Morgan fingerprint density at radius 3 is 2.22 bits per heavy atom. The quantitative estimate of drug-likeness (QED) is 0.232. The lowest BCUT2D eigenvalue weighted by atomic mass is 9.99. The van der Waals surface area contributed by atoms with Gasteiger partial charge in [-0.25, -0.2) is 4.79 Å². The molecule has 0 saturated carbocycles. The van der Waals surface area contributed by atoms with Crippen molar-refractivity contribution < 1.29 is 38.1 Å². The molecule has 8 nitrogen and oxygen atoms in total. The van der Waals surface area contributed by atoms with Crippen molar-refractivity contribution in [3.8, 4) is 0 Å². The molecule has 37 heavy (non-hydrogen) atoms. The van der Waals surface area contributed by atoms with Crippen LogP contribution in [0.5, 0.6) is 0 Å². The zero-order chi connectivity index (χ0) is 26.8. The van der Waals surface area contributed by atoms with Gasteiger partial charge in [-0.15, -0.1) is 0 Å². The van der Waals surface area contributed by atoms with Gasteiger partial charge in [0.05, 0.1) is 5.56 Å². The molecule has 0 amide bonds. The highest BCUT2D eigenvalue weighted by atomic mass is 32.2. The summed E-state index contributed by atoms with van der Waals surface area (Å²) in [7, 11) is 0. The Balaban J connectivity index is 1.99. The number of hydrogen-bond donors (Lipinski definition) is 0. The Kier molecular flexibility index (Phi) is 11.0. The third-order valence-corrected chi connectivity index (χ3v) is 6.83. The van der Waals surface area contributed by atoms with Crippen LogP contribution in [0.2, 0.25) is 0 Å². The molecule has 2 aromatic carbocycles. The number of rotatable bonds is 11. The Hall–Kier alpha value is -2.88. The monoisotopic (exact) mass is 530 g/mol. The summed E-state index contributed by atoms with van der Waals surface area (Å²) in [6.45, 7) is 6.81. The maximum Gasteiger partial charge on any atom is 0.338 e. The molecule has 1 aliphatic heterocycles. The molecule has 200 valence electrons. The summed E-state index contributed by atoms with van der Waals surface area (Å²) < 4.78 is 29.4. The number of carbonyl (C=O) groups excluding carboxylic acids is 3. The van der Waals surface area contributed by atoms with E-state index in [0.717, 1.165) is 23.3 Å². The van der Waals surface area contributed by atoms with Gasteiger partial charge < -0.3 is 23.7 Å². The molecule has 0 aromatic heterocycles. The first-order valence-corrected chi connectivity index (χ1v) is 13.2. The summed E-state index contributed by atoms with van der Waals surface area (Å²) in [5.41, 5.74) is 0.749. The van der Waals surface area contributed by atoms with Crippen LogP contribution in [0.25, 0.3) is 0 Å². The minimum absolute atomic E-state index is 0.148. The van der Waals surface area contributed by atoms with Crippen molar-refractivity contribution in [2.75, 3.05) is 13.2 Å². The van der Waals surface area contributed by atoms with E-state index >= 15 is 0 Å². The van der Waals surface area contributed by atoms with Crippen LogP contribution in [0.4, 0.5) is 0 Å². The van der Waals surface area contributed by atoms with Gasteiger partial charge in [-0.1, -0.05) is 61.0 Å². The summed E-state index contributed by atoms with van der Waals surface area (Å²) in [6, 6.07) is 16.5. The topological polar surface area (TPSA) is 97.4 Å². The molecule has 2 unspecified atom stereocenters. The molecule has 0 radical (unpaired) electrons. The van der Waals surface area contributed by atoms with Gasteiger partial charge in [0.25, 0.3) is 0 Å². The summed E-state index contributed by atoms with van der Waals surface area (Å²) in [4.78, 5) is 37.7. The average molecular weight is 531 g/mol. The zero-order valence-electron chi connectivity index (χ0n) is 21.6. The van der Waals surface area contributed by atoms with E-state index in [-0.39, 0.29) is 6.61 Å². The van der Waals surface area contributed by atoms with Crippen LogP contribution >= 0.6 is 11.8 Å². The van der Waals surface area contributed by atoms with Gasteiger partial charge in [-0.3, -0.25) is 9.59 Å². The largest absolute Gasteiger partial charge is 0.463 e. The van der Waals surface area contributed by atoms with Crippen LogP contribution in [0.1, 0.15) is 49.5 Å². The van der Waals surface area contributed by atoms with Crippen molar-refractivity contribution in [3.05, 3.63) is 65.7 Å². The van der Waals surface area contributed by atoms with Gasteiger partial charge in [-0.2, -0.15) is 0 Å². The van der Waals surface area contributed by atoms with Crippen LogP contribution in [0.3, 0.4) is 0 Å². The second kappa shape index (κ2) is 14.2. The minimum atomic E-state index is -0.961. The molecule has 0 N–H and O–H groups in total. The molecule has 2 aromatic rings. The lowest BCUT2D eigenvalue weighted by Crippen LogP contribution is -2.61. The summed E-state index contributed by atoms with van der Waals surface area (Å²) in [6.07, 6.45) is -1.91. The molecule has 5 atom stereocenters. The highest BCUT2D eigenvalue weighted by Crippen LogP contribution is 2.38. The second-order valence-corrected chi connectivity index (χ2v) is 9.95. The SMILES string of the molecule is CCCCO[C@@H]1C(OC(=O)c2ccccc2)[C@@H](Sc2ccc(C)cc2)OC(COC(C)=O)[C@H]1OC(C)=O. The first-order chi connectivity index (χ1) is 17.8. The number of hydrogen-bond acceptors (Lipinski definition) is 9. The number of esters is 3. The first kappa shape index (κ1) is 28.7. The number of ether oxygens (including phenoxy) is 5. The number of unbranched alkanes of at least 4 members (excludes halogenated alkanes) is 1. The fourth-order valence-electron chi connectivity index (χ4n) is 3.84. The Bertz CT molecular complexity index is 1030. The van der Waals surface area contributed by atoms with Gasteiger partial charge >= 0.3 is 17.9 Å². The molecule has 1 heterocycles. The number of thioether (sulfide) groups is 1. The van der Waals surface area contributed by atoms with E-state index < -0.39 is 47.8 Å². The van der Waals surface area contributed by atoms with E-state index in [2.05, 4.69) is 0 Å². The highest BCUT2D eigenvalue weighted by molar-refractivity contribution is 7.99. The molecule has 0 aliphatic carbocycles. The van der Waals surface area contributed by atoms with Crippen molar-refractivity contribution >= 4 is 29.7 Å². The highest BCUT2D eigenvalue weighted by Gasteiger charge is 2.51. The van der Waals surface area contributed by atoms with Gasteiger partial charge in [-0.05, 0) is 37.6 Å². The van der Waals surface area contributed by atoms with Gasteiger partial charge in [0.2, 0.25) is 0 Å². The van der Waals surface area contributed by atoms with Gasteiger partial charge in [0, 0.05) is 25.3 Å². The maximum absolute atomic E-state index is 13.1. The van der Waals surface area contributed by atoms with Gasteiger partial charge in [0.15, 0.2) is 12.2 Å². The predicted octanol–water partition coefficient (Wildman–Crippen LogP) is 4.72. The molecule has 9 heteroatoms. The predicted molar refractivity (Wildman–Crippen MR) is 138 cm³/mol. The number of benzene rings is 2. The molecule has 3 rings (SSSR count). The fraction of sp³-hybridized carbons (Fsp3) is 0.464. The van der Waals surface area contributed by atoms with Crippen molar-refractivity contribution in [3.63, 3.8) is 0 Å². The fourth-order valence-corrected chi connectivity index (χ4v) is 4.94. The zero-order valence-corrected chi connectivity index (χ0v) is 22.4. The first-order valence-electron chi connectivity index (χ1n) is 12.4. The lowest BCUT2D eigenvalue weighted by molar-refractivity contribution is -0.233. The smallest absolute Gasteiger partial charge is 0.338 e. The molecule has 0 spiro atoms. The van der Waals surface area contributed by atoms with E-state index in [9.17, 15) is 14.4 Å². The Morgan fingerprint density at radius 1 is 0.892 bits per heavy atom.